The molecule has 48 valence electrons. The molecule has 0 amide bonds. The van der Waals surface area contributed by atoms with Crippen LogP contribution in [0.2, 0.25) is 0 Å². The van der Waals surface area contributed by atoms with Crippen LogP contribution < -0.4 is 5.90 Å². The number of nitrogens with zero attached hydrogens (tertiary/aromatic N) is 1. The fourth-order valence-corrected chi connectivity index (χ4v) is 1.52. The first-order chi connectivity index (χ1) is 3.83. The van der Waals surface area contributed by atoms with Crippen LogP contribution >= 0.6 is 22.9 Å². The molecule has 1 rings (SSSR count). The highest BCUT2D eigenvalue weighted by molar-refractivity contribution is 14.1. The number of rotatable bonds is 1. The molecule has 0 aromatic carbocycles. The summed E-state index contributed by atoms with van der Waals surface area (Å²) in [5.74, 6) is 4.97. The zero-order chi connectivity index (χ0) is 5.98. The molecule has 0 spiro atoms. The number of hydrogen-bond acceptors (Lipinski definition) is 3. The second-order valence-corrected chi connectivity index (χ2v) is 3.28. The molecule has 0 bridgehead atoms. The Morgan fingerprint density at radius 2 is 2.50 bits per heavy atom. The molecule has 1 atom stereocenters. The van der Waals surface area contributed by atoms with Gasteiger partial charge in [-0.2, -0.15) is 0 Å². The molecule has 0 aliphatic carbocycles. The lowest BCUT2D eigenvalue weighted by atomic mass is 10.3. The number of nitrogens with two attached hydrogens (primary N) is 1. The molecule has 1 aliphatic rings. The predicted octanol–water partition coefficient (Wildman–Crippen LogP) is 0.301. The maximum absolute atomic E-state index is 4.97. The Morgan fingerprint density at radius 3 is 2.75 bits per heavy atom. The zero-order valence-electron chi connectivity index (χ0n) is 4.51. The van der Waals surface area contributed by atoms with Crippen LogP contribution in [0, 0.1) is 0 Å². The van der Waals surface area contributed by atoms with Crippen molar-refractivity contribution in [3.63, 3.8) is 0 Å². The molecule has 0 aromatic heterocycles. The fraction of sp³-hybridized carbons (Fsp3) is 1.00. The third kappa shape index (κ3) is 1.54. The van der Waals surface area contributed by atoms with Gasteiger partial charge >= 0.3 is 0 Å². The summed E-state index contributed by atoms with van der Waals surface area (Å²) in [4.78, 5) is 4.64. The molecule has 1 unspecified atom stereocenters. The van der Waals surface area contributed by atoms with Gasteiger partial charge in [0.05, 0.1) is 6.10 Å². The van der Waals surface area contributed by atoms with Gasteiger partial charge in [0.1, 0.15) is 0 Å². The van der Waals surface area contributed by atoms with Crippen LogP contribution in [0.5, 0.6) is 0 Å². The van der Waals surface area contributed by atoms with Gasteiger partial charge in [0, 0.05) is 36.0 Å². The molecule has 1 saturated heterocycles. The van der Waals surface area contributed by atoms with E-state index in [0.717, 1.165) is 19.5 Å². The standard InChI is InChI=1S/C4H9IN2O/c5-7-2-1-4(3-7)8-6/h4H,1-3,6H2. The lowest BCUT2D eigenvalue weighted by Crippen LogP contribution is -2.18. The summed E-state index contributed by atoms with van der Waals surface area (Å²) in [6.45, 7) is 2.07. The summed E-state index contributed by atoms with van der Waals surface area (Å²) < 4.78 is 2.18. The van der Waals surface area contributed by atoms with E-state index < -0.39 is 0 Å². The van der Waals surface area contributed by atoms with E-state index >= 15 is 0 Å². The smallest absolute Gasteiger partial charge is 0.0934 e. The van der Waals surface area contributed by atoms with Crippen LogP contribution in [-0.2, 0) is 4.84 Å². The van der Waals surface area contributed by atoms with Gasteiger partial charge in [-0.1, -0.05) is 0 Å². The molecule has 4 heteroatoms. The van der Waals surface area contributed by atoms with Crippen LogP contribution in [0.4, 0.5) is 0 Å². The molecule has 1 aliphatic heterocycles. The maximum atomic E-state index is 4.97. The van der Waals surface area contributed by atoms with Crippen molar-refractivity contribution in [1.82, 2.24) is 3.11 Å². The fourth-order valence-electron chi connectivity index (χ4n) is 0.799. The molecule has 3 nitrogen and oxygen atoms in total. The Bertz CT molecular complexity index is 80.4. The zero-order valence-corrected chi connectivity index (χ0v) is 6.67. The third-order valence-electron chi connectivity index (χ3n) is 1.29. The van der Waals surface area contributed by atoms with Crippen LogP contribution in [0.25, 0.3) is 0 Å². The topological polar surface area (TPSA) is 38.5 Å². The average molecular weight is 228 g/mol. The largest absolute Gasteiger partial charge is 0.300 e. The van der Waals surface area contributed by atoms with Crippen molar-refractivity contribution in [3.05, 3.63) is 0 Å². The van der Waals surface area contributed by atoms with E-state index in [4.69, 9.17) is 5.90 Å². The van der Waals surface area contributed by atoms with Crippen molar-refractivity contribution >= 4 is 22.9 Å². The van der Waals surface area contributed by atoms with Crippen molar-refractivity contribution in [2.75, 3.05) is 13.1 Å². The van der Waals surface area contributed by atoms with Gasteiger partial charge in [0.15, 0.2) is 0 Å². The van der Waals surface area contributed by atoms with Crippen molar-refractivity contribution in [3.8, 4) is 0 Å². The Morgan fingerprint density at radius 1 is 1.75 bits per heavy atom. The van der Waals surface area contributed by atoms with Crippen molar-refractivity contribution in [1.29, 1.82) is 0 Å². The molecular weight excluding hydrogens is 219 g/mol. The van der Waals surface area contributed by atoms with E-state index in [1.54, 1.807) is 0 Å². The van der Waals surface area contributed by atoms with Crippen LogP contribution in [0.1, 0.15) is 6.42 Å². The SMILES string of the molecule is NOC1CCN(I)C1. The highest BCUT2D eigenvalue weighted by atomic mass is 127. The summed E-state index contributed by atoms with van der Waals surface area (Å²) in [6, 6.07) is 0. The summed E-state index contributed by atoms with van der Waals surface area (Å²) in [7, 11) is 0. The van der Waals surface area contributed by atoms with Gasteiger partial charge in [-0.25, -0.2) is 9.01 Å². The molecule has 0 saturated carbocycles. The molecular formula is C4H9IN2O. The first kappa shape index (κ1) is 6.73. The van der Waals surface area contributed by atoms with Gasteiger partial charge in [-0.3, -0.25) is 4.84 Å². The van der Waals surface area contributed by atoms with E-state index in [-0.39, 0.29) is 6.10 Å². The van der Waals surface area contributed by atoms with Crippen molar-refractivity contribution < 1.29 is 4.84 Å². The molecule has 0 aromatic rings. The van der Waals surface area contributed by atoms with Crippen LogP contribution in [0.15, 0.2) is 0 Å². The van der Waals surface area contributed by atoms with Crippen molar-refractivity contribution in [2.45, 2.75) is 12.5 Å². The quantitative estimate of drug-likeness (QED) is 0.398. The monoisotopic (exact) mass is 228 g/mol. The molecule has 8 heavy (non-hydrogen) atoms. The van der Waals surface area contributed by atoms with Gasteiger partial charge < -0.3 is 0 Å². The minimum atomic E-state index is 0.270. The number of hydrogen-bond donors (Lipinski definition) is 1. The van der Waals surface area contributed by atoms with E-state index in [1.165, 1.54) is 0 Å². The number of halogens is 1. The normalized spacial score (nSPS) is 31.5. The van der Waals surface area contributed by atoms with Crippen LogP contribution in [0.3, 0.4) is 0 Å². The molecule has 2 N–H and O–H groups in total. The predicted molar refractivity (Wildman–Crippen MR) is 39.3 cm³/mol. The third-order valence-corrected chi connectivity index (χ3v) is 2.16. The summed E-state index contributed by atoms with van der Waals surface area (Å²) >= 11 is 2.27. The highest BCUT2D eigenvalue weighted by Crippen LogP contribution is 2.14. The van der Waals surface area contributed by atoms with E-state index in [2.05, 4.69) is 30.8 Å². The molecule has 1 heterocycles. The Labute approximate surface area is 62.6 Å². The summed E-state index contributed by atoms with van der Waals surface area (Å²) in [6.07, 6.45) is 1.34. The minimum absolute atomic E-state index is 0.270. The highest BCUT2D eigenvalue weighted by Gasteiger charge is 2.19. The van der Waals surface area contributed by atoms with Gasteiger partial charge in [0.2, 0.25) is 0 Å². The molecule has 0 radical (unpaired) electrons. The first-order valence-electron chi connectivity index (χ1n) is 2.59. The lowest BCUT2D eigenvalue weighted by molar-refractivity contribution is 0.0653. The van der Waals surface area contributed by atoms with E-state index in [1.807, 2.05) is 0 Å². The first-order valence-corrected chi connectivity index (χ1v) is 3.55. The lowest BCUT2D eigenvalue weighted by Gasteiger charge is -2.03. The van der Waals surface area contributed by atoms with Gasteiger partial charge in [-0.05, 0) is 6.42 Å². The minimum Gasteiger partial charge on any atom is -0.300 e. The maximum Gasteiger partial charge on any atom is 0.0934 e. The summed E-state index contributed by atoms with van der Waals surface area (Å²) in [5, 5.41) is 0. The second kappa shape index (κ2) is 2.95. The van der Waals surface area contributed by atoms with Gasteiger partial charge in [-0.15, -0.1) is 0 Å². The van der Waals surface area contributed by atoms with E-state index in [0.29, 0.717) is 0 Å². The average Bonchev–Trinajstić information content (AvgIpc) is 2.14. The van der Waals surface area contributed by atoms with Crippen molar-refractivity contribution in [2.24, 2.45) is 5.90 Å². The summed E-state index contributed by atoms with van der Waals surface area (Å²) in [5.41, 5.74) is 0. The van der Waals surface area contributed by atoms with E-state index in [9.17, 15) is 0 Å². The second-order valence-electron chi connectivity index (χ2n) is 1.92. The Kier molecular flexibility index (Phi) is 2.48. The Balaban J connectivity index is 2.22. The Hall–Kier alpha value is 0.610. The van der Waals surface area contributed by atoms with Gasteiger partial charge in [0.25, 0.3) is 0 Å². The molecule has 1 fully saturated rings. The van der Waals surface area contributed by atoms with Crippen LogP contribution in [-0.4, -0.2) is 22.3 Å².